The third-order valence-corrected chi connectivity index (χ3v) is 4.69. The molecule has 0 saturated heterocycles. The highest BCUT2D eigenvalue weighted by atomic mass is 16.1. The maximum atomic E-state index is 12.5. The van der Waals surface area contributed by atoms with E-state index in [9.17, 15) is 4.79 Å². The number of aromatic nitrogens is 1. The van der Waals surface area contributed by atoms with Crippen molar-refractivity contribution in [1.29, 1.82) is 0 Å². The minimum atomic E-state index is -0.0282. The normalized spacial score (nSPS) is 15.1. The maximum Gasteiger partial charge on any atom is 0.253 e. The van der Waals surface area contributed by atoms with E-state index in [1.807, 2.05) is 12.1 Å². The Bertz CT molecular complexity index is 700. The second kappa shape index (κ2) is 7.47. The summed E-state index contributed by atoms with van der Waals surface area (Å²) in [6.07, 6.45) is 9.24. The van der Waals surface area contributed by atoms with Crippen LogP contribution in [-0.2, 0) is 0 Å². The van der Waals surface area contributed by atoms with Gasteiger partial charge in [-0.2, -0.15) is 0 Å². The Morgan fingerprint density at radius 1 is 1.08 bits per heavy atom. The van der Waals surface area contributed by atoms with Gasteiger partial charge in [0.1, 0.15) is 0 Å². The number of benzene rings is 1. The van der Waals surface area contributed by atoms with E-state index in [1.54, 1.807) is 12.4 Å². The van der Waals surface area contributed by atoms with Gasteiger partial charge >= 0.3 is 0 Å². The fourth-order valence-corrected chi connectivity index (χ4v) is 3.30. The molecule has 2 aromatic rings. The van der Waals surface area contributed by atoms with Crippen LogP contribution < -0.4 is 10.6 Å². The van der Waals surface area contributed by atoms with Crippen molar-refractivity contribution in [2.45, 2.75) is 52.0 Å². The summed E-state index contributed by atoms with van der Waals surface area (Å²) < 4.78 is 0. The summed E-state index contributed by atoms with van der Waals surface area (Å²) in [6, 6.07) is 8.37. The van der Waals surface area contributed by atoms with Crippen LogP contribution in [0.15, 0.2) is 36.7 Å². The van der Waals surface area contributed by atoms with Crippen LogP contribution in [0, 0.1) is 13.8 Å². The molecule has 1 aliphatic rings. The molecule has 0 radical (unpaired) electrons. The fourth-order valence-electron chi connectivity index (χ4n) is 3.30. The molecule has 1 aromatic carbocycles. The summed E-state index contributed by atoms with van der Waals surface area (Å²) in [5.41, 5.74) is 4.86. The first-order chi connectivity index (χ1) is 11.6. The zero-order chi connectivity index (χ0) is 16.9. The van der Waals surface area contributed by atoms with E-state index in [4.69, 9.17) is 0 Å². The van der Waals surface area contributed by atoms with Crippen molar-refractivity contribution in [3.8, 4) is 0 Å². The molecule has 3 rings (SSSR count). The van der Waals surface area contributed by atoms with Gasteiger partial charge in [-0.15, -0.1) is 0 Å². The lowest BCUT2D eigenvalue weighted by Crippen LogP contribution is -2.36. The zero-order valence-electron chi connectivity index (χ0n) is 14.4. The molecular weight excluding hydrogens is 298 g/mol. The lowest BCUT2D eigenvalue weighted by molar-refractivity contribution is 0.0927. The summed E-state index contributed by atoms with van der Waals surface area (Å²) in [5, 5.41) is 6.54. The van der Waals surface area contributed by atoms with Crippen molar-refractivity contribution in [1.82, 2.24) is 10.3 Å². The number of anilines is 2. The third kappa shape index (κ3) is 3.94. The van der Waals surface area contributed by atoms with Crippen LogP contribution >= 0.6 is 0 Å². The first-order valence-corrected chi connectivity index (χ1v) is 8.72. The highest BCUT2D eigenvalue weighted by Crippen LogP contribution is 2.24. The van der Waals surface area contributed by atoms with Crippen LogP contribution in [0.5, 0.6) is 0 Å². The minimum absolute atomic E-state index is 0.0282. The van der Waals surface area contributed by atoms with Crippen LogP contribution in [0.2, 0.25) is 0 Å². The molecule has 0 atom stereocenters. The molecule has 4 nitrogen and oxygen atoms in total. The van der Waals surface area contributed by atoms with E-state index < -0.39 is 0 Å². The Balaban J connectivity index is 1.73. The van der Waals surface area contributed by atoms with Crippen LogP contribution in [0.4, 0.5) is 11.4 Å². The molecule has 1 fully saturated rings. The predicted molar refractivity (Wildman–Crippen MR) is 97.8 cm³/mol. The van der Waals surface area contributed by atoms with E-state index in [1.165, 1.54) is 30.4 Å². The Kier molecular flexibility index (Phi) is 5.14. The summed E-state index contributed by atoms with van der Waals surface area (Å²) in [5.74, 6) is -0.0282. The smallest absolute Gasteiger partial charge is 0.253 e. The van der Waals surface area contributed by atoms with E-state index >= 15 is 0 Å². The molecule has 1 aromatic heterocycles. The van der Waals surface area contributed by atoms with E-state index in [-0.39, 0.29) is 5.91 Å². The fraction of sp³-hybridized carbons (Fsp3) is 0.400. The molecule has 4 heteroatoms. The van der Waals surface area contributed by atoms with Crippen molar-refractivity contribution in [2.75, 3.05) is 5.32 Å². The largest absolute Gasteiger partial charge is 0.354 e. The molecule has 24 heavy (non-hydrogen) atoms. The molecule has 2 N–H and O–H groups in total. The van der Waals surface area contributed by atoms with Crippen LogP contribution in [0.1, 0.15) is 53.6 Å². The summed E-state index contributed by atoms with van der Waals surface area (Å²) in [7, 11) is 0. The standard InChI is InChI=1S/C20H25N3O/c1-14-7-6-8-15(2)19(14)22-18-11-16(12-21-13-18)20(24)23-17-9-4-3-5-10-17/h6-8,11-13,17,22H,3-5,9-10H2,1-2H3,(H,23,24). The lowest BCUT2D eigenvalue weighted by atomic mass is 9.95. The highest BCUT2D eigenvalue weighted by molar-refractivity contribution is 5.95. The Morgan fingerprint density at radius 2 is 1.79 bits per heavy atom. The van der Waals surface area contributed by atoms with Gasteiger partial charge in [-0.3, -0.25) is 9.78 Å². The van der Waals surface area contributed by atoms with Crippen LogP contribution in [0.25, 0.3) is 0 Å². The van der Waals surface area contributed by atoms with Crippen molar-refractivity contribution < 1.29 is 4.79 Å². The molecule has 1 amide bonds. The number of hydrogen-bond acceptors (Lipinski definition) is 3. The first-order valence-electron chi connectivity index (χ1n) is 8.72. The van der Waals surface area contributed by atoms with Crippen molar-refractivity contribution >= 4 is 17.3 Å². The van der Waals surface area contributed by atoms with Gasteiger partial charge in [0.15, 0.2) is 0 Å². The molecular formula is C20H25N3O. The van der Waals surface area contributed by atoms with E-state index in [0.717, 1.165) is 24.2 Å². The topological polar surface area (TPSA) is 54.0 Å². The molecule has 0 spiro atoms. The Morgan fingerprint density at radius 3 is 2.50 bits per heavy atom. The van der Waals surface area contributed by atoms with E-state index in [2.05, 4.69) is 41.6 Å². The van der Waals surface area contributed by atoms with Gasteiger partial charge < -0.3 is 10.6 Å². The molecule has 1 heterocycles. The van der Waals surface area contributed by atoms with Gasteiger partial charge in [-0.25, -0.2) is 0 Å². The summed E-state index contributed by atoms with van der Waals surface area (Å²) >= 11 is 0. The number of carbonyl (C=O) groups excluding carboxylic acids is 1. The third-order valence-electron chi connectivity index (χ3n) is 4.69. The number of carbonyl (C=O) groups is 1. The monoisotopic (exact) mass is 323 g/mol. The van der Waals surface area contributed by atoms with Crippen LogP contribution in [-0.4, -0.2) is 16.9 Å². The van der Waals surface area contributed by atoms with Gasteiger partial charge in [0.25, 0.3) is 5.91 Å². The molecule has 0 aliphatic heterocycles. The molecule has 0 bridgehead atoms. The number of aryl methyl sites for hydroxylation is 2. The predicted octanol–water partition coefficient (Wildman–Crippen LogP) is 4.50. The minimum Gasteiger partial charge on any atom is -0.354 e. The van der Waals surface area contributed by atoms with E-state index in [0.29, 0.717) is 11.6 Å². The zero-order valence-corrected chi connectivity index (χ0v) is 14.4. The highest BCUT2D eigenvalue weighted by Gasteiger charge is 2.17. The molecule has 126 valence electrons. The van der Waals surface area contributed by atoms with Crippen molar-refractivity contribution in [2.24, 2.45) is 0 Å². The second-order valence-electron chi connectivity index (χ2n) is 6.66. The second-order valence-corrected chi connectivity index (χ2v) is 6.66. The first kappa shape index (κ1) is 16.5. The maximum absolute atomic E-state index is 12.5. The number of para-hydroxylation sites is 1. The number of nitrogens with zero attached hydrogens (tertiary/aromatic N) is 1. The number of pyridine rings is 1. The molecule has 0 unspecified atom stereocenters. The van der Waals surface area contributed by atoms with Gasteiger partial charge in [-0.05, 0) is 43.9 Å². The lowest BCUT2D eigenvalue weighted by Gasteiger charge is -2.22. The summed E-state index contributed by atoms with van der Waals surface area (Å²) in [4.78, 5) is 16.7. The summed E-state index contributed by atoms with van der Waals surface area (Å²) in [6.45, 7) is 4.14. The number of hydrogen-bond donors (Lipinski definition) is 2. The van der Waals surface area contributed by atoms with Gasteiger partial charge in [0, 0.05) is 17.9 Å². The quantitative estimate of drug-likeness (QED) is 0.870. The van der Waals surface area contributed by atoms with Crippen molar-refractivity contribution in [3.05, 3.63) is 53.3 Å². The molecule has 1 saturated carbocycles. The number of nitrogens with one attached hydrogen (secondary N) is 2. The van der Waals surface area contributed by atoms with Crippen molar-refractivity contribution in [3.63, 3.8) is 0 Å². The van der Waals surface area contributed by atoms with Crippen LogP contribution in [0.3, 0.4) is 0 Å². The SMILES string of the molecule is Cc1cccc(C)c1Nc1cncc(C(=O)NC2CCCCC2)c1. The Hall–Kier alpha value is -2.36. The number of amides is 1. The van der Waals surface area contributed by atoms with Gasteiger partial charge in [0.2, 0.25) is 0 Å². The Labute approximate surface area is 143 Å². The van der Waals surface area contributed by atoms with Gasteiger partial charge in [0.05, 0.1) is 17.4 Å². The average Bonchev–Trinajstić information content (AvgIpc) is 2.59. The van der Waals surface area contributed by atoms with Gasteiger partial charge in [-0.1, -0.05) is 37.5 Å². The molecule has 1 aliphatic carbocycles. The average molecular weight is 323 g/mol. The number of rotatable bonds is 4.